The number of H-pyrrole nitrogens is 1. The van der Waals surface area contributed by atoms with Gasteiger partial charge in [-0.2, -0.15) is 0 Å². The number of carbonyl (C=O) groups is 6. The number of carbonyl (C=O) groups excluding carboxylic acids is 6. The van der Waals surface area contributed by atoms with Gasteiger partial charge in [-0.1, -0.05) is 54.6 Å². The molecule has 4 atom stereocenters. The molecular weight excluding hydrogens is 774 g/mol. The van der Waals surface area contributed by atoms with Gasteiger partial charge in [0.15, 0.2) is 5.96 Å². The van der Waals surface area contributed by atoms with Crippen LogP contribution in [-0.4, -0.2) is 95.6 Å². The van der Waals surface area contributed by atoms with E-state index in [0.717, 1.165) is 10.8 Å². The molecule has 0 bridgehead atoms. The highest BCUT2D eigenvalue weighted by Crippen LogP contribution is 2.16. The summed E-state index contributed by atoms with van der Waals surface area (Å²) in [6, 6.07) is 13.7. The van der Waals surface area contributed by atoms with Gasteiger partial charge in [-0.15, -0.1) is 0 Å². The van der Waals surface area contributed by atoms with Gasteiger partial charge in [0.1, 0.15) is 36.3 Å². The average Bonchev–Trinajstić information content (AvgIpc) is 3.75. The molecule has 0 aliphatic carbocycles. The molecule has 0 aliphatic rings. The van der Waals surface area contributed by atoms with Crippen LogP contribution in [0.2, 0.25) is 0 Å². The molecule has 18 heteroatoms. The van der Waals surface area contributed by atoms with Gasteiger partial charge < -0.3 is 53.1 Å². The third-order valence-corrected chi connectivity index (χ3v) is 9.54. The SMILES string of the molecule is N=C(N)NCCC[C@H](NC(=O)[C@@H](Cc1ccc(F)cc1)NC(=O)[C@H](Cc1c[nH]cn1)NC(=O)[C@H](CCC=O)NC(=O)Cc1ccc2ccccc2c1)C(=O)NCCCCN. The molecule has 0 saturated carbocycles. The molecule has 12 N–H and O–H groups in total. The molecule has 3 aromatic carbocycles. The number of benzene rings is 3. The number of hydrogen-bond acceptors (Lipinski definition) is 9. The lowest BCUT2D eigenvalue weighted by Crippen LogP contribution is -2.59. The molecular formula is C42H54FN11O6. The first-order valence-electron chi connectivity index (χ1n) is 19.8. The van der Waals surface area contributed by atoms with Crippen molar-refractivity contribution in [3.63, 3.8) is 0 Å². The molecule has 5 amide bonds. The largest absolute Gasteiger partial charge is 0.370 e. The van der Waals surface area contributed by atoms with Crippen LogP contribution in [0.1, 0.15) is 55.3 Å². The van der Waals surface area contributed by atoms with Crippen LogP contribution in [0.15, 0.2) is 79.3 Å². The van der Waals surface area contributed by atoms with Crippen molar-refractivity contribution >= 4 is 52.6 Å². The van der Waals surface area contributed by atoms with Gasteiger partial charge in [-0.05, 0) is 72.7 Å². The van der Waals surface area contributed by atoms with Crippen LogP contribution in [0.3, 0.4) is 0 Å². The fourth-order valence-corrected chi connectivity index (χ4v) is 6.39. The van der Waals surface area contributed by atoms with E-state index in [1.165, 1.54) is 36.8 Å². The third kappa shape index (κ3) is 15.6. The third-order valence-electron chi connectivity index (χ3n) is 9.54. The molecule has 1 heterocycles. The number of hydrogen-bond donors (Lipinski definition) is 10. The number of nitrogens with zero attached hydrogens (tertiary/aromatic N) is 1. The maximum atomic E-state index is 14.2. The fourth-order valence-electron chi connectivity index (χ4n) is 6.39. The maximum absolute atomic E-state index is 14.2. The van der Waals surface area contributed by atoms with Gasteiger partial charge in [-0.3, -0.25) is 29.4 Å². The molecule has 0 radical (unpaired) electrons. The second kappa shape index (κ2) is 24.3. The second-order valence-electron chi connectivity index (χ2n) is 14.3. The van der Waals surface area contributed by atoms with Crippen LogP contribution in [0, 0.1) is 11.2 Å². The number of imidazole rings is 1. The van der Waals surface area contributed by atoms with Gasteiger partial charge in [0.2, 0.25) is 29.5 Å². The Morgan fingerprint density at radius 1 is 0.733 bits per heavy atom. The van der Waals surface area contributed by atoms with Crippen LogP contribution in [0.25, 0.3) is 10.8 Å². The number of rotatable bonds is 25. The van der Waals surface area contributed by atoms with Crippen LogP contribution in [0.5, 0.6) is 0 Å². The van der Waals surface area contributed by atoms with Crippen molar-refractivity contribution in [2.24, 2.45) is 11.5 Å². The molecule has 1 aromatic heterocycles. The van der Waals surface area contributed by atoms with E-state index in [-0.39, 0.29) is 51.0 Å². The van der Waals surface area contributed by atoms with Gasteiger partial charge in [0.25, 0.3) is 0 Å². The Balaban J connectivity index is 1.54. The number of nitrogens with two attached hydrogens (primary N) is 2. The molecule has 0 fully saturated rings. The number of halogens is 1. The summed E-state index contributed by atoms with van der Waals surface area (Å²) < 4.78 is 13.9. The quantitative estimate of drug-likeness (QED) is 0.0194. The number of nitrogens with one attached hydrogen (secondary N) is 8. The number of guanidine groups is 1. The Bertz CT molecular complexity index is 2050. The summed E-state index contributed by atoms with van der Waals surface area (Å²) in [5.74, 6) is -3.98. The number of unbranched alkanes of at least 4 members (excludes halogenated alkanes) is 1. The van der Waals surface area contributed by atoms with Crippen molar-refractivity contribution in [3.8, 4) is 0 Å². The van der Waals surface area contributed by atoms with Gasteiger partial charge in [-0.25, -0.2) is 9.37 Å². The Morgan fingerprint density at radius 2 is 1.37 bits per heavy atom. The molecule has 0 spiro atoms. The summed E-state index contributed by atoms with van der Waals surface area (Å²) in [5.41, 5.74) is 12.6. The first-order chi connectivity index (χ1) is 28.9. The molecule has 0 aliphatic heterocycles. The topological polar surface area (TPSA) is 279 Å². The zero-order valence-corrected chi connectivity index (χ0v) is 33.3. The highest BCUT2D eigenvalue weighted by Gasteiger charge is 2.32. The minimum absolute atomic E-state index is 0.0486. The second-order valence-corrected chi connectivity index (χ2v) is 14.3. The van der Waals surface area contributed by atoms with Crippen LogP contribution in [-0.2, 0) is 48.0 Å². The highest BCUT2D eigenvalue weighted by molar-refractivity contribution is 5.96. The monoisotopic (exact) mass is 827 g/mol. The van der Waals surface area contributed by atoms with Crippen molar-refractivity contribution in [3.05, 3.63) is 102 Å². The van der Waals surface area contributed by atoms with Crippen molar-refractivity contribution in [1.82, 2.24) is 41.9 Å². The van der Waals surface area contributed by atoms with E-state index in [4.69, 9.17) is 16.9 Å². The van der Waals surface area contributed by atoms with E-state index in [2.05, 4.69) is 41.9 Å². The number of fused-ring (bicyclic) bond motifs is 1. The Kier molecular flexibility index (Phi) is 18.6. The molecule has 4 aromatic rings. The molecule has 320 valence electrons. The molecule has 17 nitrogen and oxygen atoms in total. The maximum Gasteiger partial charge on any atom is 0.243 e. The highest BCUT2D eigenvalue weighted by atomic mass is 19.1. The summed E-state index contributed by atoms with van der Waals surface area (Å²) in [7, 11) is 0. The minimum atomic E-state index is -1.33. The standard InChI is InChI=1S/C42H54FN11O6/c43-31-15-12-27(13-16-31)22-35(40(59)52-33(9-5-19-49-42(45)46)38(57)48-18-4-3-17-44)53-41(60)36(24-32-25-47-26-50-32)54-39(58)34(10-6-20-55)51-37(56)23-28-11-14-29-7-1-2-8-30(29)21-28/h1-2,7-8,11-16,20-21,25-26,33-36H,3-6,9-10,17-19,22-24,44H2,(H,47,50)(H,48,57)(H,51,56)(H,52,59)(H,53,60)(H,54,58)(H4,45,46,49)/t33-,34-,35+,36-/m0/s1. The zero-order chi connectivity index (χ0) is 43.3. The van der Waals surface area contributed by atoms with E-state index in [0.29, 0.717) is 55.5 Å². The average molecular weight is 828 g/mol. The van der Waals surface area contributed by atoms with Gasteiger partial charge in [0, 0.05) is 38.5 Å². The fraction of sp³-hybridized carbons (Fsp3) is 0.381. The molecule has 4 rings (SSSR count). The summed E-state index contributed by atoms with van der Waals surface area (Å²) in [6.07, 6.45) is 4.92. The first-order valence-corrected chi connectivity index (χ1v) is 19.8. The Labute approximate surface area is 347 Å². The first kappa shape index (κ1) is 46.0. The summed E-state index contributed by atoms with van der Waals surface area (Å²) >= 11 is 0. The van der Waals surface area contributed by atoms with Crippen molar-refractivity contribution in [1.29, 1.82) is 5.41 Å². The molecule has 0 saturated heterocycles. The lowest BCUT2D eigenvalue weighted by atomic mass is 10.0. The predicted octanol–water partition coefficient (Wildman–Crippen LogP) is 0.767. The minimum Gasteiger partial charge on any atom is -0.370 e. The molecule has 0 unspecified atom stereocenters. The van der Waals surface area contributed by atoms with Gasteiger partial charge in [0.05, 0.1) is 18.4 Å². The van der Waals surface area contributed by atoms with E-state index >= 15 is 0 Å². The number of amides is 5. The number of aromatic amines is 1. The smallest absolute Gasteiger partial charge is 0.243 e. The normalized spacial score (nSPS) is 12.9. The summed E-state index contributed by atoms with van der Waals surface area (Å²) in [6.45, 7) is 1.01. The van der Waals surface area contributed by atoms with Crippen molar-refractivity contribution in [2.75, 3.05) is 19.6 Å². The van der Waals surface area contributed by atoms with E-state index in [1.54, 1.807) is 0 Å². The van der Waals surface area contributed by atoms with E-state index < -0.39 is 59.5 Å². The Hall–Kier alpha value is -6.69. The van der Waals surface area contributed by atoms with Crippen molar-refractivity contribution < 1.29 is 33.2 Å². The predicted molar refractivity (Wildman–Crippen MR) is 224 cm³/mol. The summed E-state index contributed by atoms with van der Waals surface area (Å²) in [5, 5.41) is 25.7. The number of aromatic nitrogens is 2. The molecule has 60 heavy (non-hydrogen) atoms. The lowest BCUT2D eigenvalue weighted by Gasteiger charge is -2.26. The van der Waals surface area contributed by atoms with Crippen LogP contribution >= 0.6 is 0 Å². The van der Waals surface area contributed by atoms with Crippen LogP contribution < -0.4 is 43.4 Å². The zero-order valence-electron chi connectivity index (χ0n) is 33.3. The lowest BCUT2D eigenvalue weighted by molar-refractivity contribution is -0.134. The van der Waals surface area contributed by atoms with E-state index in [1.807, 2.05) is 42.5 Å². The van der Waals surface area contributed by atoms with Crippen LogP contribution in [0.4, 0.5) is 4.39 Å². The Morgan fingerprint density at radius 3 is 2.03 bits per heavy atom. The van der Waals surface area contributed by atoms with E-state index in [9.17, 15) is 33.2 Å². The van der Waals surface area contributed by atoms with Crippen molar-refractivity contribution in [2.45, 2.75) is 82.0 Å². The summed E-state index contributed by atoms with van der Waals surface area (Å²) in [4.78, 5) is 87.1. The number of aldehydes is 1. The van der Waals surface area contributed by atoms with Gasteiger partial charge >= 0.3 is 0 Å².